The summed E-state index contributed by atoms with van der Waals surface area (Å²) in [4.78, 5) is 12.2. The first kappa shape index (κ1) is 13.7. The van der Waals surface area contributed by atoms with Crippen molar-refractivity contribution in [2.75, 3.05) is 20.2 Å². The largest absolute Gasteiger partial charge is 0.504 e. The molecular weight excluding hydrogens is 244 g/mol. The third-order valence-electron chi connectivity index (χ3n) is 3.37. The summed E-state index contributed by atoms with van der Waals surface area (Å²) in [5, 5.41) is 16.2. The van der Waals surface area contributed by atoms with Gasteiger partial charge in [0.15, 0.2) is 11.5 Å². The van der Waals surface area contributed by atoms with E-state index in [1.165, 1.54) is 7.11 Å². The Morgan fingerprint density at radius 1 is 1.42 bits per heavy atom. The summed E-state index contributed by atoms with van der Waals surface area (Å²) >= 11 is 0. The number of amides is 1. The van der Waals surface area contributed by atoms with Crippen LogP contribution in [-0.2, 0) is 0 Å². The van der Waals surface area contributed by atoms with Crippen molar-refractivity contribution in [1.29, 1.82) is 0 Å². The zero-order valence-electron chi connectivity index (χ0n) is 11.1. The van der Waals surface area contributed by atoms with Gasteiger partial charge in [0.1, 0.15) is 0 Å². The summed E-state index contributed by atoms with van der Waals surface area (Å²) in [5.41, 5.74) is 0.261. The van der Waals surface area contributed by atoms with Crippen LogP contribution in [0.4, 0.5) is 0 Å². The Kier molecular flexibility index (Phi) is 4.63. The van der Waals surface area contributed by atoms with E-state index < -0.39 is 0 Å². The van der Waals surface area contributed by atoms with Gasteiger partial charge in [-0.05, 0) is 44.5 Å². The highest BCUT2D eigenvalue weighted by Gasteiger charge is 2.19. The number of hydrogen-bond acceptors (Lipinski definition) is 4. The molecule has 1 saturated heterocycles. The van der Waals surface area contributed by atoms with Gasteiger partial charge in [0.25, 0.3) is 5.91 Å². The van der Waals surface area contributed by atoms with Gasteiger partial charge in [-0.1, -0.05) is 6.07 Å². The van der Waals surface area contributed by atoms with Crippen molar-refractivity contribution >= 4 is 5.91 Å². The van der Waals surface area contributed by atoms with E-state index in [1.54, 1.807) is 18.2 Å². The van der Waals surface area contributed by atoms with Crippen molar-refractivity contribution in [2.24, 2.45) is 0 Å². The van der Waals surface area contributed by atoms with Crippen molar-refractivity contribution in [3.8, 4) is 11.5 Å². The number of rotatable bonds is 3. The van der Waals surface area contributed by atoms with Crippen LogP contribution in [0.3, 0.4) is 0 Å². The Balaban J connectivity index is 2.06. The number of carbonyl (C=O) groups is 1. The number of aromatic hydroxyl groups is 1. The minimum absolute atomic E-state index is 0.103. The van der Waals surface area contributed by atoms with Gasteiger partial charge in [-0.2, -0.15) is 0 Å². The lowest BCUT2D eigenvalue weighted by Crippen LogP contribution is -2.35. The topological polar surface area (TPSA) is 70.6 Å². The van der Waals surface area contributed by atoms with Crippen molar-refractivity contribution in [2.45, 2.75) is 25.3 Å². The number of ether oxygens (including phenoxy) is 1. The minimum atomic E-state index is -0.247. The number of para-hydroxylation sites is 1. The van der Waals surface area contributed by atoms with Crippen LogP contribution in [0, 0.1) is 0 Å². The van der Waals surface area contributed by atoms with E-state index in [9.17, 15) is 9.90 Å². The quantitative estimate of drug-likeness (QED) is 0.769. The molecule has 1 atom stereocenters. The second-order valence-corrected chi connectivity index (χ2v) is 4.71. The zero-order chi connectivity index (χ0) is 13.7. The van der Waals surface area contributed by atoms with E-state index in [0.717, 1.165) is 32.4 Å². The summed E-state index contributed by atoms with van der Waals surface area (Å²) in [6.07, 6.45) is 2.93. The number of phenolic OH excluding ortho intramolecular Hbond substituents is 1. The molecule has 1 fully saturated rings. The molecule has 0 saturated carbocycles. The fourth-order valence-corrected chi connectivity index (χ4v) is 2.30. The first-order chi connectivity index (χ1) is 9.22. The van der Waals surface area contributed by atoms with Crippen molar-refractivity contribution in [3.05, 3.63) is 23.8 Å². The SMILES string of the molecule is COc1cccc(C(=O)NC2CCCNCC2)c1O. The van der Waals surface area contributed by atoms with E-state index in [1.807, 2.05) is 0 Å². The lowest BCUT2D eigenvalue weighted by atomic mass is 10.1. The molecule has 1 amide bonds. The zero-order valence-corrected chi connectivity index (χ0v) is 11.1. The number of nitrogens with one attached hydrogen (secondary N) is 2. The first-order valence-electron chi connectivity index (χ1n) is 6.60. The molecule has 0 bridgehead atoms. The summed E-state index contributed by atoms with van der Waals surface area (Å²) in [7, 11) is 1.47. The average Bonchev–Trinajstić information content (AvgIpc) is 2.67. The molecule has 1 unspecified atom stereocenters. The van der Waals surface area contributed by atoms with Crippen molar-refractivity contribution in [1.82, 2.24) is 10.6 Å². The number of methoxy groups -OCH3 is 1. The number of carbonyl (C=O) groups excluding carboxylic acids is 1. The van der Waals surface area contributed by atoms with Gasteiger partial charge in [0, 0.05) is 6.04 Å². The van der Waals surface area contributed by atoms with Gasteiger partial charge in [-0.15, -0.1) is 0 Å². The van der Waals surface area contributed by atoms with E-state index in [-0.39, 0.29) is 23.3 Å². The van der Waals surface area contributed by atoms with E-state index in [2.05, 4.69) is 10.6 Å². The molecule has 2 rings (SSSR count). The van der Waals surface area contributed by atoms with E-state index in [4.69, 9.17) is 4.74 Å². The van der Waals surface area contributed by atoms with Crippen molar-refractivity contribution < 1.29 is 14.6 Å². The highest BCUT2D eigenvalue weighted by atomic mass is 16.5. The lowest BCUT2D eigenvalue weighted by Gasteiger charge is -2.16. The Hall–Kier alpha value is -1.75. The first-order valence-corrected chi connectivity index (χ1v) is 6.60. The summed E-state index contributed by atoms with van der Waals surface area (Å²) in [6, 6.07) is 5.08. The van der Waals surface area contributed by atoms with E-state index >= 15 is 0 Å². The minimum Gasteiger partial charge on any atom is -0.504 e. The molecular formula is C14H20N2O3. The molecule has 1 aromatic carbocycles. The van der Waals surface area contributed by atoms with Gasteiger partial charge >= 0.3 is 0 Å². The molecule has 0 spiro atoms. The third kappa shape index (κ3) is 3.38. The Labute approximate surface area is 113 Å². The van der Waals surface area contributed by atoms with Crippen LogP contribution in [0.25, 0.3) is 0 Å². The second kappa shape index (κ2) is 6.43. The monoisotopic (exact) mass is 264 g/mol. The molecule has 104 valence electrons. The molecule has 19 heavy (non-hydrogen) atoms. The summed E-state index contributed by atoms with van der Waals surface area (Å²) < 4.78 is 5.01. The maximum absolute atomic E-state index is 12.2. The van der Waals surface area contributed by atoms with Crippen LogP contribution in [0.5, 0.6) is 11.5 Å². The molecule has 1 aromatic rings. The van der Waals surface area contributed by atoms with Crippen LogP contribution < -0.4 is 15.4 Å². The normalized spacial score (nSPS) is 19.5. The lowest BCUT2D eigenvalue weighted by molar-refractivity contribution is 0.0931. The molecule has 1 aliphatic rings. The molecule has 5 nitrogen and oxygen atoms in total. The average molecular weight is 264 g/mol. The standard InChI is InChI=1S/C14H20N2O3/c1-19-12-6-2-5-11(13(12)17)14(18)16-10-4-3-8-15-9-7-10/h2,5-6,10,15,17H,3-4,7-9H2,1H3,(H,16,18). The maximum Gasteiger partial charge on any atom is 0.255 e. The van der Waals surface area contributed by atoms with Crippen LogP contribution in [-0.4, -0.2) is 37.3 Å². The predicted octanol–water partition coefficient (Wildman–Crippen LogP) is 1.27. The van der Waals surface area contributed by atoms with Gasteiger partial charge in [-0.3, -0.25) is 4.79 Å². The third-order valence-corrected chi connectivity index (χ3v) is 3.37. The Morgan fingerprint density at radius 2 is 2.26 bits per heavy atom. The predicted molar refractivity (Wildman–Crippen MR) is 72.6 cm³/mol. The molecule has 3 N–H and O–H groups in total. The number of hydrogen-bond donors (Lipinski definition) is 3. The smallest absolute Gasteiger partial charge is 0.255 e. The fraction of sp³-hybridized carbons (Fsp3) is 0.500. The van der Waals surface area contributed by atoms with E-state index in [0.29, 0.717) is 5.75 Å². The number of phenols is 1. The van der Waals surface area contributed by atoms with Gasteiger partial charge in [-0.25, -0.2) is 0 Å². The Bertz CT molecular complexity index is 440. The highest BCUT2D eigenvalue weighted by molar-refractivity contribution is 5.97. The molecule has 1 heterocycles. The summed E-state index contributed by atoms with van der Waals surface area (Å²) in [5.74, 6) is -0.0345. The number of benzene rings is 1. The van der Waals surface area contributed by atoms with Crippen molar-refractivity contribution in [3.63, 3.8) is 0 Å². The van der Waals surface area contributed by atoms with Crippen LogP contribution >= 0.6 is 0 Å². The second-order valence-electron chi connectivity index (χ2n) is 4.71. The van der Waals surface area contributed by atoms with Crippen LogP contribution in [0.2, 0.25) is 0 Å². The Morgan fingerprint density at radius 3 is 3.05 bits per heavy atom. The molecule has 0 radical (unpaired) electrons. The fourth-order valence-electron chi connectivity index (χ4n) is 2.30. The van der Waals surface area contributed by atoms with Gasteiger partial charge < -0.3 is 20.5 Å². The van der Waals surface area contributed by atoms with Crippen LogP contribution in [0.15, 0.2) is 18.2 Å². The molecule has 0 aliphatic carbocycles. The molecule has 0 aromatic heterocycles. The maximum atomic E-state index is 12.2. The highest BCUT2D eigenvalue weighted by Crippen LogP contribution is 2.29. The van der Waals surface area contributed by atoms with Gasteiger partial charge in [0.05, 0.1) is 12.7 Å². The summed E-state index contributed by atoms with van der Waals surface area (Å²) in [6.45, 7) is 1.91. The van der Waals surface area contributed by atoms with Gasteiger partial charge in [0.2, 0.25) is 0 Å². The molecule has 1 aliphatic heterocycles. The van der Waals surface area contributed by atoms with Crippen LogP contribution in [0.1, 0.15) is 29.6 Å². The molecule has 5 heteroatoms.